The van der Waals surface area contributed by atoms with Gasteiger partial charge in [0, 0.05) is 10.6 Å². The average molecular weight is 374 g/mol. The van der Waals surface area contributed by atoms with E-state index in [-0.39, 0.29) is 11.4 Å². The van der Waals surface area contributed by atoms with E-state index in [1.807, 2.05) is 54.6 Å². The summed E-state index contributed by atoms with van der Waals surface area (Å²) in [5.74, 6) is 0.355. The third kappa shape index (κ3) is 5.07. The van der Waals surface area contributed by atoms with Crippen molar-refractivity contribution < 1.29 is 9.53 Å². The number of ketones is 1. The van der Waals surface area contributed by atoms with Crippen LogP contribution in [0.25, 0.3) is 6.08 Å². The standard InChI is InChI=1S/C23H16ClNO2/c24-21-11-9-17(10-12-21)16-27-22-8-4-5-18(14-22)13-20(15-25)23(26)19-6-2-1-3-7-19/h1-14H,16H2/b20-13+. The molecule has 0 aliphatic rings. The number of rotatable bonds is 6. The summed E-state index contributed by atoms with van der Waals surface area (Å²) in [6, 6.07) is 25.5. The molecule has 132 valence electrons. The van der Waals surface area contributed by atoms with E-state index < -0.39 is 0 Å². The van der Waals surface area contributed by atoms with E-state index in [1.165, 1.54) is 0 Å². The third-order valence-corrected chi connectivity index (χ3v) is 4.14. The van der Waals surface area contributed by atoms with Crippen LogP contribution in [-0.2, 0) is 6.61 Å². The van der Waals surface area contributed by atoms with Crippen LogP contribution in [0, 0.1) is 11.3 Å². The zero-order valence-electron chi connectivity index (χ0n) is 14.4. The Labute approximate surface area is 163 Å². The minimum Gasteiger partial charge on any atom is -0.489 e. The number of nitrogens with zero attached hydrogens (tertiary/aromatic N) is 1. The van der Waals surface area contributed by atoms with Crippen LogP contribution < -0.4 is 4.74 Å². The van der Waals surface area contributed by atoms with Crippen molar-refractivity contribution in [3.8, 4) is 11.8 Å². The molecule has 0 bridgehead atoms. The maximum absolute atomic E-state index is 12.5. The molecular formula is C23H16ClNO2. The molecule has 4 heteroatoms. The molecule has 0 aromatic heterocycles. The minimum absolute atomic E-state index is 0.0797. The van der Waals surface area contributed by atoms with Gasteiger partial charge in [0.2, 0.25) is 5.78 Å². The van der Waals surface area contributed by atoms with Crippen LogP contribution in [0.3, 0.4) is 0 Å². The van der Waals surface area contributed by atoms with Crippen LogP contribution in [0.4, 0.5) is 0 Å². The first kappa shape index (κ1) is 18.4. The number of halogens is 1. The largest absolute Gasteiger partial charge is 0.489 e. The molecule has 3 nitrogen and oxygen atoms in total. The maximum atomic E-state index is 12.5. The SMILES string of the molecule is N#C/C(=C\c1cccc(OCc2ccc(Cl)cc2)c1)C(=O)c1ccccc1. The Bertz CT molecular complexity index is 1000. The van der Waals surface area contributed by atoms with Crippen LogP contribution in [-0.4, -0.2) is 5.78 Å². The molecule has 0 heterocycles. The summed E-state index contributed by atoms with van der Waals surface area (Å²) in [6.45, 7) is 0.401. The number of ether oxygens (including phenoxy) is 1. The summed E-state index contributed by atoms with van der Waals surface area (Å²) >= 11 is 5.88. The van der Waals surface area contributed by atoms with E-state index in [9.17, 15) is 10.1 Å². The fourth-order valence-corrected chi connectivity index (χ4v) is 2.63. The van der Waals surface area contributed by atoms with Crippen molar-refractivity contribution in [3.63, 3.8) is 0 Å². The Kier molecular flexibility index (Phi) is 6.04. The van der Waals surface area contributed by atoms with E-state index >= 15 is 0 Å². The van der Waals surface area contributed by atoms with E-state index in [2.05, 4.69) is 0 Å². The molecule has 0 radical (unpaired) electrons. The molecule has 27 heavy (non-hydrogen) atoms. The molecule has 0 aliphatic heterocycles. The molecule has 0 N–H and O–H groups in total. The van der Waals surface area contributed by atoms with Crippen molar-refractivity contribution in [2.75, 3.05) is 0 Å². The molecular weight excluding hydrogens is 358 g/mol. The topological polar surface area (TPSA) is 50.1 Å². The van der Waals surface area contributed by atoms with E-state index in [4.69, 9.17) is 16.3 Å². The number of hydrogen-bond acceptors (Lipinski definition) is 3. The highest BCUT2D eigenvalue weighted by molar-refractivity contribution is 6.30. The van der Waals surface area contributed by atoms with Gasteiger partial charge in [0.1, 0.15) is 24.0 Å². The van der Waals surface area contributed by atoms with Crippen LogP contribution >= 0.6 is 11.6 Å². The lowest BCUT2D eigenvalue weighted by molar-refractivity contribution is 0.104. The zero-order chi connectivity index (χ0) is 19.1. The lowest BCUT2D eigenvalue weighted by Crippen LogP contribution is -2.01. The van der Waals surface area contributed by atoms with Crippen LogP contribution in [0.15, 0.2) is 84.4 Å². The second-order valence-corrected chi connectivity index (χ2v) is 6.29. The highest BCUT2D eigenvalue weighted by Crippen LogP contribution is 2.19. The Morgan fingerprint density at radius 3 is 2.44 bits per heavy atom. The van der Waals surface area contributed by atoms with Gasteiger partial charge >= 0.3 is 0 Å². The van der Waals surface area contributed by atoms with Crippen molar-refractivity contribution >= 4 is 23.5 Å². The van der Waals surface area contributed by atoms with Gasteiger partial charge in [-0.15, -0.1) is 0 Å². The second kappa shape index (κ2) is 8.84. The minimum atomic E-state index is -0.300. The number of Topliss-reactive ketones (excluding diaryl/α,β-unsaturated/α-hetero) is 1. The zero-order valence-corrected chi connectivity index (χ0v) is 15.2. The van der Waals surface area contributed by atoms with Gasteiger partial charge < -0.3 is 4.74 Å². The fourth-order valence-electron chi connectivity index (χ4n) is 2.50. The lowest BCUT2D eigenvalue weighted by atomic mass is 10.0. The molecule has 3 rings (SSSR count). The second-order valence-electron chi connectivity index (χ2n) is 5.85. The molecule has 0 atom stereocenters. The molecule has 0 spiro atoms. The van der Waals surface area contributed by atoms with E-state index in [1.54, 1.807) is 36.4 Å². The third-order valence-electron chi connectivity index (χ3n) is 3.89. The summed E-state index contributed by atoms with van der Waals surface area (Å²) in [4.78, 5) is 12.5. The quantitative estimate of drug-likeness (QED) is 0.316. The summed E-state index contributed by atoms with van der Waals surface area (Å²) < 4.78 is 5.79. The van der Waals surface area contributed by atoms with E-state index in [0.29, 0.717) is 22.9 Å². The van der Waals surface area contributed by atoms with Crippen molar-refractivity contribution in [1.29, 1.82) is 5.26 Å². The van der Waals surface area contributed by atoms with Gasteiger partial charge in [0.05, 0.1) is 0 Å². The van der Waals surface area contributed by atoms with Crippen molar-refractivity contribution in [1.82, 2.24) is 0 Å². The van der Waals surface area contributed by atoms with Gasteiger partial charge in [-0.1, -0.05) is 66.2 Å². The highest BCUT2D eigenvalue weighted by Gasteiger charge is 2.11. The van der Waals surface area contributed by atoms with Gasteiger partial charge in [0.15, 0.2) is 0 Å². The van der Waals surface area contributed by atoms with Crippen molar-refractivity contribution in [2.24, 2.45) is 0 Å². The predicted molar refractivity (Wildman–Crippen MR) is 107 cm³/mol. The van der Waals surface area contributed by atoms with Crippen molar-refractivity contribution in [3.05, 3.63) is 106 Å². The first-order chi connectivity index (χ1) is 13.2. The van der Waals surface area contributed by atoms with Gasteiger partial charge in [-0.2, -0.15) is 5.26 Å². The smallest absolute Gasteiger partial charge is 0.203 e. The Morgan fingerprint density at radius 1 is 1.00 bits per heavy atom. The molecule has 0 unspecified atom stereocenters. The average Bonchev–Trinajstić information content (AvgIpc) is 2.72. The number of carbonyl (C=O) groups is 1. The predicted octanol–water partition coefficient (Wildman–Crippen LogP) is 5.71. The normalized spacial score (nSPS) is 10.9. The Balaban J connectivity index is 1.75. The highest BCUT2D eigenvalue weighted by atomic mass is 35.5. The van der Waals surface area contributed by atoms with Gasteiger partial charge in [-0.25, -0.2) is 0 Å². The van der Waals surface area contributed by atoms with Crippen LogP contribution in [0.2, 0.25) is 5.02 Å². The van der Waals surface area contributed by atoms with E-state index in [0.717, 1.165) is 11.1 Å². The number of carbonyl (C=O) groups excluding carboxylic acids is 1. The molecule has 3 aromatic carbocycles. The Hall–Kier alpha value is -3.35. The number of hydrogen-bond donors (Lipinski definition) is 0. The number of allylic oxidation sites excluding steroid dienone is 1. The van der Waals surface area contributed by atoms with Gasteiger partial charge in [0.25, 0.3) is 0 Å². The molecule has 3 aromatic rings. The number of benzene rings is 3. The maximum Gasteiger partial charge on any atom is 0.203 e. The molecule has 0 saturated carbocycles. The number of nitriles is 1. The first-order valence-corrected chi connectivity index (χ1v) is 8.72. The van der Waals surface area contributed by atoms with Gasteiger partial charge in [-0.05, 0) is 41.5 Å². The fraction of sp³-hybridized carbons (Fsp3) is 0.0435. The Morgan fingerprint density at radius 2 is 1.74 bits per heavy atom. The van der Waals surface area contributed by atoms with Gasteiger partial charge in [-0.3, -0.25) is 4.79 Å². The summed E-state index contributed by atoms with van der Waals surface area (Å²) in [6.07, 6.45) is 1.57. The summed E-state index contributed by atoms with van der Waals surface area (Å²) in [5.41, 5.74) is 2.29. The summed E-state index contributed by atoms with van der Waals surface area (Å²) in [7, 11) is 0. The lowest BCUT2D eigenvalue weighted by Gasteiger charge is -2.07. The molecule has 0 saturated heterocycles. The monoisotopic (exact) mass is 373 g/mol. The van der Waals surface area contributed by atoms with Crippen LogP contribution in [0.5, 0.6) is 5.75 Å². The summed E-state index contributed by atoms with van der Waals surface area (Å²) in [5, 5.41) is 10.1. The molecule has 0 fully saturated rings. The molecule has 0 aliphatic carbocycles. The van der Waals surface area contributed by atoms with Crippen LogP contribution in [0.1, 0.15) is 21.5 Å². The molecule has 0 amide bonds. The first-order valence-electron chi connectivity index (χ1n) is 8.34. The van der Waals surface area contributed by atoms with Crippen molar-refractivity contribution in [2.45, 2.75) is 6.61 Å².